The van der Waals surface area contributed by atoms with Crippen molar-refractivity contribution < 1.29 is 0 Å². The lowest BCUT2D eigenvalue weighted by atomic mass is 9.82. The van der Waals surface area contributed by atoms with Gasteiger partial charge < -0.3 is 0 Å². The molecule has 0 heterocycles. The lowest BCUT2D eigenvalue weighted by Crippen LogP contribution is -2.09. The SMILES string of the molecule is SC1=C(S)c2ccccc2C(c2ccccc2)C1. The smallest absolute Gasteiger partial charge is 0.0209 e. The first-order valence-electron chi connectivity index (χ1n) is 6.02. The zero-order valence-electron chi connectivity index (χ0n) is 9.88. The van der Waals surface area contributed by atoms with Crippen LogP contribution in [0.4, 0.5) is 0 Å². The Balaban J connectivity index is 2.15. The van der Waals surface area contributed by atoms with E-state index in [0.717, 1.165) is 16.2 Å². The van der Waals surface area contributed by atoms with Crippen molar-refractivity contribution in [2.45, 2.75) is 12.3 Å². The van der Waals surface area contributed by atoms with Gasteiger partial charge in [0.1, 0.15) is 0 Å². The second-order valence-electron chi connectivity index (χ2n) is 4.55. The summed E-state index contributed by atoms with van der Waals surface area (Å²) in [5.41, 5.74) is 3.91. The molecule has 0 spiro atoms. The standard InChI is InChI=1S/C16H14S2/c17-15-10-14(11-6-2-1-3-7-11)12-8-4-5-9-13(12)16(15)18/h1-9,14,17-18H,10H2. The Hall–Kier alpha value is -1.12. The zero-order valence-corrected chi connectivity index (χ0v) is 11.7. The molecule has 0 amide bonds. The normalized spacial score (nSPS) is 18.7. The first kappa shape index (κ1) is 11.9. The van der Waals surface area contributed by atoms with Gasteiger partial charge in [-0.2, -0.15) is 0 Å². The van der Waals surface area contributed by atoms with Crippen molar-refractivity contribution in [3.8, 4) is 0 Å². The van der Waals surface area contributed by atoms with E-state index in [-0.39, 0.29) is 0 Å². The van der Waals surface area contributed by atoms with Crippen molar-refractivity contribution in [2.24, 2.45) is 0 Å². The van der Waals surface area contributed by atoms with Crippen LogP contribution in [0.5, 0.6) is 0 Å². The maximum Gasteiger partial charge on any atom is 0.0209 e. The van der Waals surface area contributed by atoms with E-state index in [4.69, 9.17) is 0 Å². The van der Waals surface area contributed by atoms with E-state index in [0.29, 0.717) is 5.92 Å². The molecule has 0 nitrogen and oxygen atoms in total. The third-order valence-electron chi connectivity index (χ3n) is 3.46. The van der Waals surface area contributed by atoms with E-state index in [2.05, 4.69) is 79.9 Å². The molecule has 0 fully saturated rings. The molecule has 18 heavy (non-hydrogen) atoms. The van der Waals surface area contributed by atoms with E-state index < -0.39 is 0 Å². The maximum atomic E-state index is 4.59. The fraction of sp³-hybridized carbons (Fsp3) is 0.125. The Morgan fingerprint density at radius 1 is 0.833 bits per heavy atom. The van der Waals surface area contributed by atoms with Gasteiger partial charge in [-0.05, 0) is 28.0 Å². The molecular weight excluding hydrogens is 256 g/mol. The first-order chi connectivity index (χ1) is 8.77. The number of hydrogen-bond donors (Lipinski definition) is 2. The second kappa shape index (κ2) is 4.87. The molecule has 2 aromatic carbocycles. The quantitative estimate of drug-likeness (QED) is 0.686. The van der Waals surface area contributed by atoms with E-state index >= 15 is 0 Å². The highest BCUT2D eigenvalue weighted by molar-refractivity contribution is 7.93. The van der Waals surface area contributed by atoms with E-state index in [1.54, 1.807) is 0 Å². The Kier molecular flexibility index (Phi) is 3.23. The van der Waals surface area contributed by atoms with Gasteiger partial charge in [0.25, 0.3) is 0 Å². The van der Waals surface area contributed by atoms with Crippen LogP contribution in [0.15, 0.2) is 59.5 Å². The second-order valence-corrected chi connectivity index (χ2v) is 5.54. The van der Waals surface area contributed by atoms with Crippen LogP contribution >= 0.6 is 25.3 Å². The molecule has 0 N–H and O–H groups in total. The predicted molar refractivity (Wildman–Crippen MR) is 84.2 cm³/mol. The summed E-state index contributed by atoms with van der Waals surface area (Å²) in [6.07, 6.45) is 0.934. The van der Waals surface area contributed by atoms with Gasteiger partial charge in [-0.25, -0.2) is 0 Å². The lowest BCUT2D eigenvalue weighted by Gasteiger charge is -2.27. The van der Waals surface area contributed by atoms with Gasteiger partial charge in [0, 0.05) is 10.8 Å². The molecule has 0 saturated heterocycles. The largest absolute Gasteiger partial charge is 0.147 e. The maximum absolute atomic E-state index is 4.59. The van der Waals surface area contributed by atoms with Gasteiger partial charge in [0.05, 0.1) is 0 Å². The average molecular weight is 270 g/mol. The van der Waals surface area contributed by atoms with Gasteiger partial charge in [-0.1, -0.05) is 54.6 Å². The molecule has 1 atom stereocenters. The molecule has 0 bridgehead atoms. The molecule has 1 aliphatic carbocycles. The molecule has 3 rings (SSSR count). The Morgan fingerprint density at radius 3 is 2.28 bits per heavy atom. The lowest BCUT2D eigenvalue weighted by molar-refractivity contribution is 0.811. The molecular formula is C16H14S2. The van der Waals surface area contributed by atoms with Crippen LogP contribution in [0, 0.1) is 0 Å². The highest BCUT2D eigenvalue weighted by Crippen LogP contribution is 2.44. The van der Waals surface area contributed by atoms with Crippen molar-refractivity contribution in [1.29, 1.82) is 0 Å². The van der Waals surface area contributed by atoms with Crippen LogP contribution in [0.25, 0.3) is 4.91 Å². The van der Waals surface area contributed by atoms with Crippen LogP contribution in [0.3, 0.4) is 0 Å². The fourth-order valence-electron chi connectivity index (χ4n) is 2.55. The minimum absolute atomic E-state index is 0.394. The molecule has 1 aliphatic rings. The third-order valence-corrected chi connectivity index (χ3v) is 4.56. The summed E-state index contributed by atoms with van der Waals surface area (Å²) in [5.74, 6) is 0.394. The number of allylic oxidation sites excluding steroid dienone is 1. The number of rotatable bonds is 1. The van der Waals surface area contributed by atoms with Gasteiger partial charge in [-0.3, -0.25) is 0 Å². The van der Waals surface area contributed by atoms with Crippen LogP contribution in [0.1, 0.15) is 29.0 Å². The number of benzene rings is 2. The summed E-state index contributed by atoms with van der Waals surface area (Å²) < 4.78 is 0. The molecule has 0 aliphatic heterocycles. The van der Waals surface area contributed by atoms with E-state index in [1.165, 1.54) is 16.7 Å². The summed E-state index contributed by atoms with van der Waals surface area (Å²) >= 11 is 9.19. The Morgan fingerprint density at radius 2 is 1.50 bits per heavy atom. The van der Waals surface area contributed by atoms with Crippen LogP contribution < -0.4 is 0 Å². The Bertz CT molecular complexity index is 600. The minimum Gasteiger partial charge on any atom is -0.147 e. The monoisotopic (exact) mass is 270 g/mol. The van der Waals surface area contributed by atoms with Gasteiger partial charge >= 0.3 is 0 Å². The van der Waals surface area contributed by atoms with Crippen molar-refractivity contribution in [3.63, 3.8) is 0 Å². The Labute approximate surface area is 119 Å². The average Bonchev–Trinajstić information content (AvgIpc) is 2.44. The summed E-state index contributed by atoms with van der Waals surface area (Å²) in [6, 6.07) is 19.1. The molecule has 90 valence electrons. The zero-order chi connectivity index (χ0) is 12.5. The molecule has 0 aromatic heterocycles. The van der Waals surface area contributed by atoms with Crippen molar-refractivity contribution in [3.05, 3.63) is 76.2 Å². The molecule has 0 radical (unpaired) electrons. The molecule has 2 heteroatoms. The summed E-state index contributed by atoms with van der Waals surface area (Å²) in [6.45, 7) is 0. The highest BCUT2D eigenvalue weighted by atomic mass is 32.1. The number of thiol groups is 2. The van der Waals surface area contributed by atoms with E-state index in [1.807, 2.05) is 0 Å². The van der Waals surface area contributed by atoms with Gasteiger partial charge in [0.2, 0.25) is 0 Å². The number of hydrogen-bond acceptors (Lipinski definition) is 2. The number of fused-ring (bicyclic) bond motifs is 1. The summed E-state index contributed by atoms with van der Waals surface area (Å²) in [7, 11) is 0. The fourth-order valence-corrected chi connectivity index (χ4v) is 3.15. The summed E-state index contributed by atoms with van der Waals surface area (Å²) in [5, 5.41) is 0. The van der Waals surface area contributed by atoms with Crippen molar-refractivity contribution >= 4 is 30.2 Å². The highest BCUT2D eigenvalue weighted by Gasteiger charge is 2.24. The summed E-state index contributed by atoms with van der Waals surface area (Å²) in [4.78, 5) is 2.09. The van der Waals surface area contributed by atoms with Gasteiger partial charge in [-0.15, -0.1) is 25.3 Å². The minimum atomic E-state index is 0.394. The molecule has 0 saturated carbocycles. The molecule has 2 aromatic rings. The first-order valence-corrected chi connectivity index (χ1v) is 6.92. The van der Waals surface area contributed by atoms with Crippen molar-refractivity contribution in [1.82, 2.24) is 0 Å². The van der Waals surface area contributed by atoms with Gasteiger partial charge in [0.15, 0.2) is 0 Å². The molecule has 1 unspecified atom stereocenters. The van der Waals surface area contributed by atoms with Crippen LogP contribution in [-0.4, -0.2) is 0 Å². The predicted octanol–water partition coefficient (Wildman–Crippen LogP) is 4.75. The third kappa shape index (κ3) is 2.00. The van der Waals surface area contributed by atoms with Crippen LogP contribution in [-0.2, 0) is 0 Å². The van der Waals surface area contributed by atoms with Crippen LogP contribution in [0.2, 0.25) is 0 Å². The topological polar surface area (TPSA) is 0 Å². The van der Waals surface area contributed by atoms with Crippen molar-refractivity contribution in [2.75, 3.05) is 0 Å². The van der Waals surface area contributed by atoms with E-state index in [9.17, 15) is 0 Å².